The second kappa shape index (κ2) is 5.08. The topological polar surface area (TPSA) is 3.24 Å². The van der Waals surface area contributed by atoms with Crippen molar-refractivity contribution in [3.8, 4) is 0 Å². The third-order valence-electron chi connectivity index (χ3n) is 4.00. The number of hydrogen-bond acceptors (Lipinski definition) is 1. The summed E-state index contributed by atoms with van der Waals surface area (Å²) in [5.41, 5.74) is 6.54. The van der Waals surface area contributed by atoms with Crippen molar-refractivity contribution >= 4 is 29.7 Å². The predicted octanol–water partition coefficient (Wildman–Crippen LogP) is 4.63. The van der Waals surface area contributed by atoms with Gasteiger partial charge in [-0.05, 0) is 44.4 Å². The maximum atomic E-state index is 4.27. The van der Waals surface area contributed by atoms with Crippen LogP contribution in [0.25, 0.3) is 5.70 Å². The molecule has 1 aromatic rings. The Morgan fingerprint density at radius 2 is 1.89 bits per heavy atom. The zero-order chi connectivity index (χ0) is 12.8. The van der Waals surface area contributed by atoms with Crippen molar-refractivity contribution in [3.05, 3.63) is 53.6 Å². The number of halogens is 1. The van der Waals surface area contributed by atoms with Crippen LogP contribution in [0, 0.1) is 13.8 Å². The van der Waals surface area contributed by atoms with Crippen LogP contribution in [-0.4, -0.2) is 11.4 Å². The molecule has 0 bridgehead atoms. The highest BCUT2D eigenvalue weighted by Gasteiger charge is 2.39. The molecule has 2 heteroatoms. The van der Waals surface area contributed by atoms with Crippen molar-refractivity contribution in [2.45, 2.75) is 33.2 Å². The first-order chi connectivity index (χ1) is 7.91. The van der Waals surface area contributed by atoms with Crippen molar-refractivity contribution in [2.24, 2.45) is 0 Å². The lowest BCUT2D eigenvalue weighted by Crippen LogP contribution is -2.34. The first kappa shape index (κ1) is 15.3. The normalized spacial score (nSPS) is 16.2. The van der Waals surface area contributed by atoms with Gasteiger partial charge in [-0.25, -0.2) is 0 Å². The van der Waals surface area contributed by atoms with E-state index in [0.29, 0.717) is 0 Å². The first-order valence-electron chi connectivity index (χ1n) is 6.09. The summed E-state index contributed by atoms with van der Waals surface area (Å²) in [5, 5.41) is 0. The molecule has 98 valence electrons. The van der Waals surface area contributed by atoms with E-state index in [1.165, 1.54) is 22.3 Å². The van der Waals surface area contributed by atoms with Crippen molar-refractivity contribution < 1.29 is 0 Å². The fourth-order valence-electron chi connectivity index (χ4n) is 2.78. The average Bonchev–Trinajstić information content (AvgIpc) is 2.45. The van der Waals surface area contributed by atoms with Crippen LogP contribution in [0.2, 0.25) is 0 Å². The monoisotopic (exact) mass is 355 g/mol. The number of hydrogen-bond donors (Lipinski definition) is 0. The molecule has 1 aliphatic heterocycles. The summed E-state index contributed by atoms with van der Waals surface area (Å²) in [6.07, 6.45) is 1.95. The molecule has 0 fully saturated rings. The van der Waals surface area contributed by atoms with E-state index in [-0.39, 0.29) is 29.5 Å². The molecule has 18 heavy (non-hydrogen) atoms. The molecule has 1 nitrogen and oxygen atoms in total. The molecule has 0 saturated heterocycles. The summed E-state index contributed by atoms with van der Waals surface area (Å²) in [6, 6.07) is 4.45. The largest absolute Gasteiger partial charge is 0.359 e. The average molecular weight is 355 g/mol. The number of rotatable bonds is 2. The van der Waals surface area contributed by atoms with Crippen LogP contribution in [0.4, 0.5) is 0 Å². The van der Waals surface area contributed by atoms with Crippen molar-refractivity contribution in [1.29, 1.82) is 0 Å². The van der Waals surface area contributed by atoms with Crippen LogP contribution in [0.15, 0.2) is 31.4 Å². The maximum absolute atomic E-state index is 4.27. The van der Waals surface area contributed by atoms with E-state index < -0.39 is 0 Å². The van der Waals surface area contributed by atoms with E-state index >= 15 is 0 Å². The Bertz CT molecular complexity index is 500. The van der Waals surface area contributed by atoms with Crippen LogP contribution < -0.4 is 0 Å². The second-order valence-corrected chi connectivity index (χ2v) is 5.34. The smallest absolute Gasteiger partial charge is 0.0607 e. The van der Waals surface area contributed by atoms with E-state index in [1.54, 1.807) is 0 Å². The summed E-state index contributed by atoms with van der Waals surface area (Å²) in [5.74, 6) is 0. The van der Waals surface area contributed by atoms with Crippen molar-refractivity contribution in [2.75, 3.05) is 6.54 Å². The van der Waals surface area contributed by atoms with Gasteiger partial charge in [-0.2, -0.15) is 0 Å². The number of nitrogens with zero attached hydrogens (tertiary/aromatic N) is 1. The SMILES string of the molecule is C=CCN1C(=C)c2c(ccc(C)c2C)C1(C)C.I. The molecule has 2 rings (SSSR count). The van der Waals surface area contributed by atoms with Crippen molar-refractivity contribution in [1.82, 2.24) is 4.90 Å². The molecule has 1 heterocycles. The highest BCUT2D eigenvalue weighted by molar-refractivity contribution is 14.0. The van der Waals surface area contributed by atoms with Gasteiger partial charge in [0.2, 0.25) is 0 Å². The lowest BCUT2D eigenvalue weighted by molar-refractivity contribution is 0.240. The summed E-state index contributed by atoms with van der Waals surface area (Å²) in [4.78, 5) is 2.33. The van der Waals surface area contributed by atoms with E-state index in [4.69, 9.17) is 0 Å². The van der Waals surface area contributed by atoms with E-state index in [0.717, 1.165) is 12.2 Å². The van der Waals surface area contributed by atoms with Crippen LogP contribution in [0.3, 0.4) is 0 Å². The number of aryl methyl sites for hydroxylation is 1. The fraction of sp³-hybridized carbons (Fsp3) is 0.375. The predicted molar refractivity (Wildman–Crippen MR) is 90.3 cm³/mol. The van der Waals surface area contributed by atoms with Gasteiger partial charge < -0.3 is 4.90 Å². The Morgan fingerprint density at radius 3 is 2.44 bits per heavy atom. The molecule has 0 N–H and O–H groups in total. The van der Waals surface area contributed by atoms with Crippen LogP contribution in [-0.2, 0) is 5.54 Å². The molecule has 0 aliphatic carbocycles. The Morgan fingerprint density at radius 1 is 1.28 bits per heavy atom. The molecular formula is C16H22IN. The minimum absolute atomic E-state index is 0. The van der Waals surface area contributed by atoms with Gasteiger partial charge in [0.15, 0.2) is 0 Å². The van der Waals surface area contributed by atoms with Gasteiger partial charge in [-0.1, -0.05) is 24.8 Å². The quantitative estimate of drug-likeness (QED) is 0.552. The van der Waals surface area contributed by atoms with Crippen LogP contribution in [0.5, 0.6) is 0 Å². The summed E-state index contributed by atoms with van der Waals surface area (Å²) in [6.45, 7) is 17.8. The second-order valence-electron chi connectivity index (χ2n) is 5.34. The summed E-state index contributed by atoms with van der Waals surface area (Å²) < 4.78 is 0. The number of fused-ring (bicyclic) bond motifs is 1. The maximum Gasteiger partial charge on any atom is 0.0607 e. The Kier molecular flexibility index (Phi) is 4.31. The van der Waals surface area contributed by atoms with Crippen LogP contribution in [0.1, 0.15) is 36.1 Å². The molecule has 0 amide bonds. The molecule has 0 saturated carbocycles. The van der Waals surface area contributed by atoms with E-state index in [2.05, 4.69) is 57.9 Å². The third-order valence-corrected chi connectivity index (χ3v) is 4.00. The molecule has 0 radical (unpaired) electrons. The van der Waals surface area contributed by atoms with Crippen LogP contribution >= 0.6 is 24.0 Å². The van der Waals surface area contributed by atoms with Gasteiger partial charge in [0.05, 0.1) is 5.54 Å². The standard InChI is InChI=1S/C16H21N.HI/c1-7-10-17-13(4)15-12(3)11(2)8-9-14(15)16(17,5)6;/h7-9H,1,4,10H2,2-3,5-6H3;1H. The van der Waals surface area contributed by atoms with Gasteiger partial charge >= 0.3 is 0 Å². The molecule has 0 aromatic heterocycles. The van der Waals surface area contributed by atoms with E-state index in [1.807, 2.05) is 6.08 Å². The zero-order valence-electron chi connectivity index (χ0n) is 11.7. The lowest BCUT2D eigenvalue weighted by Gasteiger charge is -2.33. The molecule has 0 spiro atoms. The molecule has 1 aromatic carbocycles. The van der Waals surface area contributed by atoms with Gasteiger partial charge in [-0.3, -0.25) is 0 Å². The highest BCUT2D eigenvalue weighted by Crippen LogP contribution is 2.46. The molecule has 1 aliphatic rings. The lowest BCUT2D eigenvalue weighted by atomic mass is 9.90. The Hall–Kier alpha value is -0.770. The molecule has 0 atom stereocenters. The minimum Gasteiger partial charge on any atom is -0.359 e. The van der Waals surface area contributed by atoms with E-state index in [9.17, 15) is 0 Å². The van der Waals surface area contributed by atoms with Gasteiger partial charge in [0.1, 0.15) is 0 Å². The number of benzene rings is 1. The molecular weight excluding hydrogens is 333 g/mol. The van der Waals surface area contributed by atoms with Gasteiger partial charge in [-0.15, -0.1) is 30.6 Å². The third kappa shape index (κ3) is 2.00. The minimum atomic E-state index is 0. The van der Waals surface area contributed by atoms with Crippen molar-refractivity contribution in [3.63, 3.8) is 0 Å². The fourth-order valence-corrected chi connectivity index (χ4v) is 2.78. The first-order valence-corrected chi connectivity index (χ1v) is 6.09. The Balaban J connectivity index is 0.00000162. The van der Waals surface area contributed by atoms with Gasteiger partial charge in [0.25, 0.3) is 0 Å². The highest BCUT2D eigenvalue weighted by atomic mass is 127. The summed E-state index contributed by atoms with van der Waals surface area (Å²) in [7, 11) is 0. The Labute approximate surface area is 128 Å². The zero-order valence-corrected chi connectivity index (χ0v) is 14.0. The molecule has 0 unspecified atom stereocenters. The van der Waals surface area contributed by atoms with Gasteiger partial charge in [0, 0.05) is 17.8 Å². The summed E-state index contributed by atoms with van der Waals surface area (Å²) >= 11 is 0.